The van der Waals surface area contributed by atoms with Gasteiger partial charge in [-0.2, -0.15) is 0 Å². The minimum atomic E-state index is -0.587. The fourth-order valence-corrected chi connectivity index (χ4v) is 4.07. The standard InChI is InChI=1S/C28H26ClN3O5/c1-4-37-27(34)25-23(31-28(35)30-22-9-6-8-21(29)17(22)2)15-16-32(25)19-13-11-18(12-14-19)20-7-5-10-24(36-3)26(20)33/h5-16,33H,4H2,1-3H3,(H2,30,31,35). The third-order valence-electron chi connectivity index (χ3n) is 5.79. The van der Waals surface area contributed by atoms with Gasteiger partial charge in [-0.1, -0.05) is 41.9 Å². The number of anilines is 2. The molecule has 0 spiro atoms. The number of carbonyl (C=O) groups is 2. The maximum absolute atomic E-state index is 12.9. The number of nitrogens with zero attached hydrogens (tertiary/aromatic N) is 1. The first-order valence-electron chi connectivity index (χ1n) is 11.5. The van der Waals surface area contributed by atoms with E-state index in [4.69, 9.17) is 21.1 Å². The van der Waals surface area contributed by atoms with Crippen LogP contribution in [0.15, 0.2) is 72.9 Å². The Bertz CT molecular complexity index is 1450. The van der Waals surface area contributed by atoms with Crippen LogP contribution in [0.5, 0.6) is 11.5 Å². The van der Waals surface area contributed by atoms with Crippen LogP contribution in [0.4, 0.5) is 16.2 Å². The minimum absolute atomic E-state index is 0.0402. The Labute approximate surface area is 219 Å². The molecule has 37 heavy (non-hydrogen) atoms. The lowest BCUT2D eigenvalue weighted by Gasteiger charge is -2.14. The van der Waals surface area contributed by atoms with E-state index in [-0.39, 0.29) is 23.7 Å². The van der Waals surface area contributed by atoms with Crippen molar-refractivity contribution >= 4 is 35.0 Å². The molecule has 0 aliphatic heterocycles. The number of rotatable bonds is 7. The highest BCUT2D eigenvalue weighted by Gasteiger charge is 2.21. The summed E-state index contributed by atoms with van der Waals surface area (Å²) in [6.07, 6.45) is 1.67. The summed E-state index contributed by atoms with van der Waals surface area (Å²) < 4.78 is 12.1. The first-order valence-corrected chi connectivity index (χ1v) is 11.9. The molecule has 3 N–H and O–H groups in total. The molecule has 0 saturated heterocycles. The monoisotopic (exact) mass is 519 g/mol. The van der Waals surface area contributed by atoms with Crippen LogP contribution in [-0.2, 0) is 4.74 Å². The van der Waals surface area contributed by atoms with Crippen LogP contribution in [0.3, 0.4) is 0 Å². The molecule has 9 heteroatoms. The number of aromatic nitrogens is 1. The van der Waals surface area contributed by atoms with E-state index in [9.17, 15) is 14.7 Å². The van der Waals surface area contributed by atoms with E-state index in [0.29, 0.717) is 27.7 Å². The van der Waals surface area contributed by atoms with Gasteiger partial charge in [0.2, 0.25) is 0 Å². The van der Waals surface area contributed by atoms with Gasteiger partial charge in [-0.25, -0.2) is 9.59 Å². The summed E-state index contributed by atoms with van der Waals surface area (Å²) in [4.78, 5) is 25.6. The SMILES string of the molecule is CCOC(=O)c1c(NC(=O)Nc2cccc(Cl)c2C)ccn1-c1ccc(-c2cccc(OC)c2O)cc1. The molecule has 2 amide bonds. The summed E-state index contributed by atoms with van der Waals surface area (Å²) in [7, 11) is 1.49. The number of aromatic hydroxyl groups is 1. The Hall–Kier alpha value is -4.43. The number of nitrogens with one attached hydrogen (secondary N) is 2. The highest BCUT2D eigenvalue weighted by atomic mass is 35.5. The lowest BCUT2D eigenvalue weighted by atomic mass is 10.0. The van der Waals surface area contributed by atoms with Crippen molar-refractivity contribution in [1.82, 2.24) is 4.57 Å². The van der Waals surface area contributed by atoms with Crippen molar-refractivity contribution in [3.8, 4) is 28.3 Å². The zero-order chi connectivity index (χ0) is 26.5. The van der Waals surface area contributed by atoms with Crippen LogP contribution in [0.1, 0.15) is 23.0 Å². The molecule has 0 saturated carbocycles. The number of halogens is 1. The minimum Gasteiger partial charge on any atom is -0.504 e. The van der Waals surface area contributed by atoms with Gasteiger partial charge in [-0.3, -0.25) is 0 Å². The molecular formula is C28H26ClN3O5. The third-order valence-corrected chi connectivity index (χ3v) is 6.20. The van der Waals surface area contributed by atoms with Crippen molar-refractivity contribution in [3.05, 3.63) is 89.2 Å². The fourth-order valence-electron chi connectivity index (χ4n) is 3.90. The molecule has 8 nitrogen and oxygen atoms in total. The number of esters is 1. The predicted octanol–water partition coefficient (Wildman–Crippen LogP) is 6.64. The molecular weight excluding hydrogens is 494 g/mol. The van der Waals surface area contributed by atoms with E-state index in [2.05, 4.69) is 10.6 Å². The van der Waals surface area contributed by atoms with Gasteiger partial charge in [0, 0.05) is 28.2 Å². The summed E-state index contributed by atoms with van der Waals surface area (Å²) in [6, 6.07) is 18.8. The molecule has 4 rings (SSSR count). The molecule has 0 unspecified atom stereocenters. The number of methoxy groups -OCH3 is 1. The normalized spacial score (nSPS) is 10.6. The van der Waals surface area contributed by atoms with Crippen LogP contribution >= 0.6 is 11.6 Å². The summed E-state index contributed by atoms with van der Waals surface area (Å²) in [6.45, 7) is 3.68. The summed E-state index contributed by atoms with van der Waals surface area (Å²) >= 11 is 6.15. The molecule has 0 radical (unpaired) electrons. The molecule has 0 aliphatic rings. The highest BCUT2D eigenvalue weighted by molar-refractivity contribution is 6.31. The van der Waals surface area contributed by atoms with E-state index in [0.717, 1.165) is 11.1 Å². The zero-order valence-corrected chi connectivity index (χ0v) is 21.3. The van der Waals surface area contributed by atoms with E-state index in [1.54, 1.807) is 79.2 Å². The van der Waals surface area contributed by atoms with Crippen molar-refractivity contribution in [2.75, 3.05) is 24.4 Å². The summed E-state index contributed by atoms with van der Waals surface area (Å²) in [5, 5.41) is 16.5. The number of phenols is 1. The number of carbonyl (C=O) groups excluding carboxylic acids is 2. The van der Waals surface area contributed by atoms with Gasteiger partial charge in [-0.05, 0) is 61.4 Å². The van der Waals surface area contributed by atoms with Crippen LogP contribution in [-0.4, -0.2) is 35.4 Å². The Balaban J connectivity index is 1.64. The van der Waals surface area contributed by atoms with Crippen molar-refractivity contribution in [3.63, 3.8) is 0 Å². The Morgan fingerprint density at radius 3 is 2.38 bits per heavy atom. The van der Waals surface area contributed by atoms with Crippen LogP contribution in [0.2, 0.25) is 5.02 Å². The Kier molecular flexibility index (Phi) is 7.69. The van der Waals surface area contributed by atoms with Gasteiger partial charge < -0.3 is 29.8 Å². The molecule has 0 atom stereocenters. The lowest BCUT2D eigenvalue weighted by Crippen LogP contribution is -2.22. The fraction of sp³-hybridized carbons (Fsp3) is 0.143. The maximum atomic E-state index is 12.9. The Morgan fingerprint density at radius 1 is 0.973 bits per heavy atom. The zero-order valence-electron chi connectivity index (χ0n) is 20.5. The molecule has 0 fully saturated rings. The molecule has 190 valence electrons. The van der Waals surface area contributed by atoms with Gasteiger partial charge in [0.15, 0.2) is 17.2 Å². The number of hydrogen-bond acceptors (Lipinski definition) is 5. The van der Waals surface area contributed by atoms with Gasteiger partial charge in [0.1, 0.15) is 0 Å². The summed E-state index contributed by atoms with van der Waals surface area (Å²) in [5.74, 6) is -0.173. The number of hydrogen-bond donors (Lipinski definition) is 3. The Morgan fingerprint density at radius 2 is 1.68 bits per heavy atom. The number of para-hydroxylation sites is 1. The second-order valence-electron chi connectivity index (χ2n) is 8.06. The average Bonchev–Trinajstić information content (AvgIpc) is 3.30. The highest BCUT2D eigenvalue weighted by Crippen LogP contribution is 2.37. The van der Waals surface area contributed by atoms with E-state index in [1.807, 2.05) is 12.1 Å². The topological polar surface area (TPSA) is 102 Å². The largest absolute Gasteiger partial charge is 0.504 e. The molecule has 0 bridgehead atoms. The predicted molar refractivity (Wildman–Crippen MR) is 144 cm³/mol. The summed E-state index contributed by atoms with van der Waals surface area (Å²) in [5.41, 5.74) is 3.76. The van der Waals surface area contributed by atoms with Gasteiger partial charge in [-0.15, -0.1) is 0 Å². The molecule has 1 aromatic heterocycles. The average molecular weight is 520 g/mol. The number of amides is 2. The molecule has 0 aliphatic carbocycles. The number of benzene rings is 3. The van der Waals surface area contributed by atoms with Crippen molar-refractivity contribution in [2.24, 2.45) is 0 Å². The van der Waals surface area contributed by atoms with Crippen molar-refractivity contribution in [1.29, 1.82) is 0 Å². The smallest absolute Gasteiger partial charge is 0.357 e. The number of urea groups is 1. The molecule has 3 aromatic carbocycles. The second kappa shape index (κ2) is 11.1. The quantitative estimate of drug-likeness (QED) is 0.237. The van der Waals surface area contributed by atoms with E-state index >= 15 is 0 Å². The van der Waals surface area contributed by atoms with E-state index < -0.39 is 12.0 Å². The lowest BCUT2D eigenvalue weighted by molar-refractivity contribution is 0.0518. The molecule has 1 heterocycles. The second-order valence-corrected chi connectivity index (χ2v) is 8.47. The van der Waals surface area contributed by atoms with Crippen LogP contribution in [0, 0.1) is 6.92 Å². The van der Waals surface area contributed by atoms with Crippen molar-refractivity contribution in [2.45, 2.75) is 13.8 Å². The molecule has 4 aromatic rings. The first kappa shape index (κ1) is 25.7. The maximum Gasteiger partial charge on any atom is 0.357 e. The van der Waals surface area contributed by atoms with Gasteiger partial charge in [0.25, 0.3) is 0 Å². The first-order chi connectivity index (χ1) is 17.8. The van der Waals surface area contributed by atoms with Crippen LogP contribution < -0.4 is 15.4 Å². The van der Waals surface area contributed by atoms with Gasteiger partial charge in [0.05, 0.1) is 19.4 Å². The number of ether oxygens (including phenoxy) is 2. The van der Waals surface area contributed by atoms with Crippen LogP contribution in [0.25, 0.3) is 16.8 Å². The van der Waals surface area contributed by atoms with Gasteiger partial charge >= 0.3 is 12.0 Å². The third kappa shape index (κ3) is 5.39. The van der Waals surface area contributed by atoms with Crippen molar-refractivity contribution < 1.29 is 24.2 Å². The number of phenolic OH excluding ortho intramolecular Hbond substituents is 1. The van der Waals surface area contributed by atoms with E-state index in [1.165, 1.54) is 7.11 Å².